The Morgan fingerprint density at radius 2 is 2.04 bits per heavy atom. The van der Waals surface area contributed by atoms with Gasteiger partial charge in [0.05, 0.1) is 18.5 Å². The molecule has 6 nitrogen and oxygen atoms in total. The maximum absolute atomic E-state index is 14.3. The predicted octanol–water partition coefficient (Wildman–Crippen LogP) is 0.900. The zero-order valence-electron chi connectivity index (χ0n) is 13.5. The van der Waals surface area contributed by atoms with Crippen LogP contribution in [-0.4, -0.2) is 62.7 Å². The van der Waals surface area contributed by atoms with Gasteiger partial charge in [-0.1, -0.05) is 0 Å². The van der Waals surface area contributed by atoms with E-state index in [1.54, 1.807) is 13.2 Å². The SMILES string of the molecule is COCCN1CCN(c2ccc(/C=N/NC(N)=S)c(F)c2F)CC1. The van der Waals surface area contributed by atoms with E-state index in [-0.39, 0.29) is 16.4 Å². The van der Waals surface area contributed by atoms with Crippen LogP contribution in [0.25, 0.3) is 0 Å². The van der Waals surface area contributed by atoms with Gasteiger partial charge in [0.25, 0.3) is 0 Å². The van der Waals surface area contributed by atoms with Gasteiger partial charge in [-0.2, -0.15) is 5.10 Å². The van der Waals surface area contributed by atoms with Crippen molar-refractivity contribution in [3.63, 3.8) is 0 Å². The van der Waals surface area contributed by atoms with Crippen LogP contribution in [0.15, 0.2) is 17.2 Å². The highest BCUT2D eigenvalue weighted by Crippen LogP contribution is 2.24. The second kappa shape index (κ2) is 8.86. The third kappa shape index (κ3) is 4.83. The van der Waals surface area contributed by atoms with Crippen LogP contribution in [0.3, 0.4) is 0 Å². The molecule has 0 aromatic heterocycles. The summed E-state index contributed by atoms with van der Waals surface area (Å²) in [6, 6.07) is 3.04. The summed E-state index contributed by atoms with van der Waals surface area (Å²) in [7, 11) is 1.66. The summed E-state index contributed by atoms with van der Waals surface area (Å²) in [5.41, 5.74) is 7.80. The molecular formula is C15H21F2N5OS. The molecule has 24 heavy (non-hydrogen) atoms. The van der Waals surface area contributed by atoms with Gasteiger partial charge in [-0.25, -0.2) is 8.78 Å². The number of methoxy groups -OCH3 is 1. The summed E-state index contributed by atoms with van der Waals surface area (Å²) >= 11 is 4.58. The number of rotatable bonds is 6. The molecule has 132 valence electrons. The van der Waals surface area contributed by atoms with Gasteiger partial charge in [0, 0.05) is 45.4 Å². The van der Waals surface area contributed by atoms with E-state index < -0.39 is 11.6 Å². The van der Waals surface area contributed by atoms with Crippen LogP contribution in [0.1, 0.15) is 5.56 Å². The molecule has 9 heteroatoms. The van der Waals surface area contributed by atoms with E-state index in [0.717, 1.165) is 25.8 Å². The molecule has 0 atom stereocenters. The monoisotopic (exact) mass is 357 g/mol. The molecule has 0 bridgehead atoms. The molecule has 1 saturated heterocycles. The van der Waals surface area contributed by atoms with Crippen molar-refractivity contribution in [2.24, 2.45) is 10.8 Å². The van der Waals surface area contributed by atoms with Crippen molar-refractivity contribution in [3.05, 3.63) is 29.3 Å². The van der Waals surface area contributed by atoms with Crippen LogP contribution in [0.5, 0.6) is 0 Å². The number of benzene rings is 1. The lowest BCUT2D eigenvalue weighted by atomic mass is 10.1. The molecule has 1 heterocycles. The number of piperazine rings is 1. The van der Waals surface area contributed by atoms with Gasteiger partial charge in [-0.15, -0.1) is 0 Å². The highest BCUT2D eigenvalue weighted by molar-refractivity contribution is 7.80. The van der Waals surface area contributed by atoms with Crippen molar-refractivity contribution in [1.82, 2.24) is 10.3 Å². The normalized spacial score (nSPS) is 15.9. The van der Waals surface area contributed by atoms with Crippen LogP contribution < -0.4 is 16.1 Å². The number of nitrogens with one attached hydrogen (secondary N) is 1. The fraction of sp³-hybridized carbons (Fsp3) is 0.467. The molecule has 0 unspecified atom stereocenters. The zero-order valence-corrected chi connectivity index (χ0v) is 14.3. The van der Waals surface area contributed by atoms with Crippen LogP contribution in [0.4, 0.5) is 14.5 Å². The highest BCUT2D eigenvalue weighted by Gasteiger charge is 2.22. The number of thiocarbonyl (C=S) groups is 1. The summed E-state index contributed by atoms with van der Waals surface area (Å²) in [6.07, 6.45) is 1.14. The van der Waals surface area contributed by atoms with Gasteiger partial charge in [0.1, 0.15) is 0 Å². The molecule has 1 aromatic carbocycles. The fourth-order valence-electron chi connectivity index (χ4n) is 2.50. The van der Waals surface area contributed by atoms with E-state index in [9.17, 15) is 8.78 Å². The topological polar surface area (TPSA) is 66.1 Å². The molecule has 1 aliphatic rings. The highest BCUT2D eigenvalue weighted by atomic mass is 32.1. The van der Waals surface area contributed by atoms with Crippen LogP contribution in [0.2, 0.25) is 0 Å². The zero-order chi connectivity index (χ0) is 17.5. The minimum Gasteiger partial charge on any atom is -0.383 e. The Morgan fingerprint density at radius 3 is 2.67 bits per heavy atom. The van der Waals surface area contributed by atoms with Crippen molar-refractivity contribution in [2.75, 3.05) is 51.3 Å². The first-order chi connectivity index (χ1) is 11.5. The Hall–Kier alpha value is -1.84. The van der Waals surface area contributed by atoms with Gasteiger partial charge in [-0.3, -0.25) is 10.3 Å². The maximum atomic E-state index is 14.3. The Kier molecular flexibility index (Phi) is 6.83. The number of nitrogens with zero attached hydrogens (tertiary/aromatic N) is 3. The average Bonchev–Trinajstić information content (AvgIpc) is 2.57. The maximum Gasteiger partial charge on any atom is 0.184 e. The molecule has 0 amide bonds. The van der Waals surface area contributed by atoms with E-state index in [0.29, 0.717) is 19.7 Å². The molecule has 3 N–H and O–H groups in total. The van der Waals surface area contributed by atoms with Gasteiger partial charge in [0.15, 0.2) is 16.7 Å². The Labute approximate surface area is 145 Å². The fourth-order valence-corrected chi connectivity index (χ4v) is 2.55. The Morgan fingerprint density at radius 1 is 1.33 bits per heavy atom. The summed E-state index contributed by atoms with van der Waals surface area (Å²) in [5.74, 6) is -1.82. The first-order valence-corrected chi connectivity index (χ1v) is 7.96. The first kappa shape index (κ1) is 18.5. The second-order valence-corrected chi connectivity index (χ2v) is 5.80. The van der Waals surface area contributed by atoms with Crippen molar-refractivity contribution in [3.8, 4) is 0 Å². The van der Waals surface area contributed by atoms with Crippen LogP contribution in [-0.2, 0) is 4.74 Å². The van der Waals surface area contributed by atoms with Gasteiger partial charge in [0.2, 0.25) is 0 Å². The van der Waals surface area contributed by atoms with Crippen molar-refractivity contribution >= 4 is 29.2 Å². The van der Waals surface area contributed by atoms with Crippen molar-refractivity contribution < 1.29 is 13.5 Å². The van der Waals surface area contributed by atoms with Gasteiger partial charge >= 0.3 is 0 Å². The molecule has 0 radical (unpaired) electrons. The summed E-state index contributed by atoms with van der Waals surface area (Å²) in [6.45, 7) is 4.34. The number of hydrogen-bond donors (Lipinski definition) is 2. The number of hydrogen-bond acceptors (Lipinski definition) is 5. The molecular weight excluding hydrogens is 336 g/mol. The summed E-state index contributed by atoms with van der Waals surface area (Å²) in [4.78, 5) is 4.08. The second-order valence-electron chi connectivity index (χ2n) is 5.36. The molecule has 0 spiro atoms. The molecule has 2 rings (SSSR count). The lowest BCUT2D eigenvalue weighted by molar-refractivity contribution is 0.144. The molecule has 0 aliphatic carbocycles. The third-order valence-electron chi connectivity index (χ3n) is 3.79. The number of anilines is 1. The van der Waals surface area contributed by atoms with Crippen LogP contribution in [0, 0.1) is 11.6 Å². The lowest BCUT2D eigenvalue weighted by Crippen LogP contribution is -2.47. The van der Waals surface area contributed by atoms with E-state index in [4.69, 9.17) is 10.5 Å². The van der Waals surface area contributed by atoms with E-state index in [1.807, 2.05) is 4.90 Å². The lowest BCUT2D eigenvalue weighted by Gasteiger charge is -2.36. The Bertz CT molecular complexity index is 606. The predicted molar refractivity (Wildman–Crippen MR) is 94.4 cm³/mol. The van der Waals surface area contributed by atoms with E-state index >= 15 is 0 Å². The summed E-state index contributed by atoms with van der Waals surface area (Å²) in [5, 5.41) is 3.60. The summed E-state index contributed by atoms with van der Waals surface area (Å²) < 4.78 is 33.6. The van der Waals surface area contributed by atoms with Gasteiger partial charge < -0.3 is 15.4 Å². The van der Waals surface area contributed by atoms with Gasteiger partial charge in [-0.05, 0) is 24.4 Å². The minimum absolute atomic E-state index is 0.0266. The van der Waals surface area contributed by atoms with Crippen LogP contribution >= 0.6 is 12.2 Å². The minimum atomic E-state index is -0.942. The number of hydrazone groups is 1. The largest absolute Gasteiger partial charge is 0.383 e. The molecule has 1 fully saturated rings. The van der Waals surface area contributed by atoms with Crippen molar-refractivity contribution in [2.45, 2.75) is 0 Å². The molecule has 0 saturated carbocycles. The quantitative estimate of drug-likeness (QED) is 0.448. The smallest absolute Gasteiger partial charge is 0.184 e. The number of ether oxygens (including phenoxy) is 1. The van der Waals surface area contributed by atoms with Crippen molar-refractivity contribution in [1.29, 1.82) is 0 Å². The van der Waals surface area contributed by atoms with E-state index in [1.165, 1.54) is 6.07 Å². The average molecular weight is 357 g/mol. The molecule has 1 aliphatic heterocycles. The number of halogens is 2. The molecule has 1 aromatic rings. The first-order valence-electron chi connectivity index (χ1n) is 7.55. The number of nitrogens with two attached hydrogens (primary N) is 1. The Balaban J connectivity index is 2.03. The van der Waals surface area contributed by atoms with E-state index in [2.05, 4.69) is 27.6 Å². The third-order valence-corrected chi connectivity index (χ3v) is 3.89. The standard InChI is InChI=1S/C15H21F2N5OS/c1-23-9-8-21-4-6-22(7-5-21)12-3-2-11(13(16)14(12)17)10-19-20-15(18)24/h2-3,10H,4-9H2,1H3,(H3,18,20,24)/b19-10+.